The van der Waals surface area contributed by atoms with Gasteiger partial charge in [-0.3, -0.25) is 57.5 Å². The van der Waals surface area contributed by atoms with Crippen molar-refractivity contribution in [1.82, 2.24) is 60.0 Å². The van der Waals surface area contributed by atoms with Crippen molar-refractivity contribution in [2.45, 2.75) is 242 Å². The fourth-order valence-corrected chi connectivity index (χ4v) is 17.4. The standard InChI is InChI=1S/C74H120ClF3N12O14/c1-13-48(5)63-70(100)84(8)44-61(93)82(6)45-62(94)89(35-36-103-12)58(41-50-24-22-47(4)23-25-50)68(98)83(7)43-59(91)79-54(29-27-49-26-28-52(53(75)40-49)74(76,77)78)67(97)90-32-18-21-55(90)66(96)81-73(30-16-17-31-73)72(102)87(11)64(51-19-14-15-20-51)71(101)86(10)57(69(99)88-33-37-104-38-34-88)42-60(92)85(9)56(39-46(2)3)65(95)80-63/h46-58,63-64H,13-45H2,1-12H3,(H,79,91)(H,80,95)(H,81,96)/t47?,48-,49?,50?,52?,53?,54-,55-,56-,57-,58-,63-,64-/m0/s1. The van der Waals surface area contributed by atoms with E-state index in [4.69, 9.17) is 21.1 Å². The second kappa shape index (κ2) is 38.4. The zero-order valence-electron chi connectivity index (χ0n) is 63.7. The van der Waals surface area contributed by atoms with Crippen LogP contribution in [-0.2, 0) is 67.0 Å². The number of ether oxygens (including phenoxy) is 2. The summed E-state index contributed by atoms with van der Waals surface area (Å²) in [5.74, 6) is -10.6. The van der Waals surface area contributed by atoms with Crippen molar-refractivity contribution in [2.75, 3.05) is 115 Å². The molecule has 104 heavy (non-hydrogen) atoms. The van der Waals surface area contributed by atoms with Gasteiger partial charge in [0.1, 0.15) is 47.8 Å². The van der Waals surface area contributed by atoms with Gasteiger partial charge in [0.2, 0.25) is 70.9 Å². The first-order valence-corrected chi connectivity index (χ1v) is 38.7. The molecule has 3 saturated heterocycles. The van der Waals surface area contributed by atoms with Crippen LogP contribution in [0.2, 0.25) is 0 Å². The SMILES string of the molecule is CC[C@H](C)[C@@H]1NC(=O)[C@H](CC(C)C)N(C)C(=O)C[C@@H](C(=O)N2CCOCC2)N(C)C(=O)[C@H](C2CCCC2)N(C)C(=O)C2(CCCC2)NC(=O)[C@@H]2CCCN2C(=O)[C@H](CCC2CCC(C(F)(F)F)C(Cl)C2)NC(=O)CN(C)C(=O)[C@H](CC2CCC(C)CC2)N(CCOC)C(=O)CN(C)C(=O)CN(C)C1=O. The van der Waals surface area contributed by atoms with E-state index in [-0.39, 0.29) is 128 Å². The third-order valence-corrected chi connectivity index (χ3v) is 24.1. The number of hydrogen-bond donors (Lipinski definition) is 3. The lowest BCUT2D eigenvalue weighted by Gasteiger charge is -2.42. The molecule has 0 aromatic heterocycles. The maximum Gasteiger partial charge on any atom is 0.393 e. The van der Waals surface area contributed by atoms with Gasteiger partial charge in [0.05, 0.1) is 51.8 Å². The predicted molar refractivity (Wildman–Crippen MR) is 382 cm³/mol. The van der Waals surface area contributed by atoms with Crippen molar-refractivity contribution >= 4 is 82.5 Å². The molecule has 3 N–H and O–H groups in total. The number of carbonyl (C=O) groups is 12. The van der Waals surface area contributed by atoms with Gasteiger partial charge in [-0.25, -0.2) is 0 Å². The van der Waals surface area contributed by atoms with E-state index in [0.717, 1.165) is 48.3 Å². The molecule has 12 amide bonds. The van der Waals surface area contributed by atoms with E-state index in [1.807, 2.05) is 20.8 Å². The van der Waals surface area contributed by atoms with Gasteiger partial charge in [-0.1, -0.05) is 92.4 Å². The molecule has 0 bridgehead atoms. The second-order valence-electron chi connectivity index (χ2n) is 31.6. The lowest BCUT2D eigenvalue weighted by molar-refractivity contribution is -0.182. The Morgan fingerprint density at radius 1 is 0.663 bits per heavy atom. The smallest absolute Gasteiger partial charge is 0.383 e. The van der Waals surface area contributed by atoms with Crippen LogP contribution in [0.25, 0.3) is 0 Å². The third-order valence-electron chi connectivity index (χ3n) is 23.6. The van der Waals surface area contributed by atoms with Crippen LogP contribution in [-0.4, -0.2) is 289 Å². The van der Waals surface area contributed by atoms with Crippen molar-refractivity contribution < 1.29 is 80.2 Å². The molecule has 3 heterocycles. The van der Waals surface area contributed by atoms with Crippen LogP contribution in [0.1, 0.15) is 182 Å². The van der Waals surface area contributed by atoms with Crippen LogP contribution in [0.15, 0.2) is 0 Å². The topological polar surface area (TPSA) is 289 Å². The number of nitrogens with zero attached hydrogens (tertiary/aromatic N) is 9. The van der Waals surface area contributed by atoms with Crippen molar-refractivity contribution in [3.8, 4) is 0 Å². The molecule has 7 rings (SSSR count). The molecule has 7 fully saturated rings. The number of nitrogens with one attached hydrogen (secondary N) is 3. The first-order valence-electron chi connectivity index (χ1n) is 38.2. The van der Waals surface area contributed by atoms with Crippen LogP contribution in [0.3, 0.4) is 0 Å². The molecule has 0 aromatic carbocycles. The summed E-state index contributed by atoms with van der Waals surface area (Å²) in [5.41, 5.74) is -1.57. The van der Waals surface area contributed by atoms with Crippen LogP contribution in [0.5, 0.6) is 0 Å². The maximum absolute atomic E-state index is 15.7. The molecule has 0 aromatic rings. The van der Waals surface area contributed by atoms with Crippen molar-refractivity contribution in [1.29, 1.82) is 0 Å². The monoisotopic (exact) mass is 1490 g/mol. The number of alkyl halides is 4. The van der Waals surface area contributed by atoms with E-state index < -0.39 is 174 Å². The van der Waals surface area contributed by atoms with Gasteiger partial charge in [0.25, 0.3) is 0 Å². The Labute approximate surface area is 618 Å². The Hall–Kier alpha value is -6.36. The summed E-state index contributed by atoms with van der Waals surface area (Å²) >= 11 is 6.43. The van der Waals surface area contributed by atoms with Crippen LogP contribution >= 0.6 is 11.6 Å². The molecular weight excluding hydrogens is 1370 g/mol. The summed E-state index contributed by atoms with van der Waals surface area (Å²) in [6.07, 6.45) is 3.27. The largest absolute Gasteiger partial charge is 0.393 e. The van der Waals surface area contributed by atoms with Gasteiger partial charge in [0.15, 0.2) is 0 Å². The van der Waals surface area contributed by atoms with Gasteiger partial charge >= 0.3 is 6.18 Å². The highest BCUT2D eigenvalue weighted by Crippen LogP contribution is 2.44. The Kier molecular flexibility index (Phi) is 31.4. The van der Waals surface area contributed by atoms with E-state index in [9.17, 15) is 37.1 Å². The quantitative estimate of drug-likeness (QED) is 0.189. The molecular formula is C74H120ClF3N12O14. The number of amides is 12. The van der Waals surface area contributed by atoms with Crippen LogP contribution in [0.4, 0.5) is 13.2 Å². The summed E-state index contributed by atoms with van der Waals surface area (Å²) in [6.45, 7) is 8.38. The van der Waals surface area contributed by atoms with Crippen molar-refractivity contribution in [3.05, 3.63) is 0 Å². The molecule has 7 aliphatic rings. The van der Waals surface area contributed by atoms with E-state index in [1.165, 1.54) is 83.7 Å². The average Bonchev–Trinajstić information content (AvgIpc) is 1.49. The average molecular weight is 1490 g/mol. The third kappa shape index (κ3) is 21.7. The molecule has 4 saturated carbocycles. The minimum absolute atomic E-state index is 0.00998. The van der Waals surface area contributed by atoms with Crippen LogP contribution in [0, 0.1) is 41.4 Å². The number of morpholine rings is 1. The zero-order valence-corrected chi connectivity index (χ0v) is 64.5. The number of rotatable bonds is 14. The highest BCUT2D eigenvalue weighted by atomic mass is 35.5. The van der Waals surface area contributed by atoms with Gasteiger partial charge in [0, 0.05) is 81.0 Å². The van der Waals surface area contributed by atoms with Gasteiger partial charge < -0.3 is 69.5 Å². The molecule has 0 radical (unpaired) electrons. The van der Waals surface area contributed by atoms with Gasteiger partial charge in [-0.05, 0) is 119 Å². The molecule has 11 atom stereocenters. The summed E-state index contributed by atoms with van der Waals surface area (Å²) in [7, 11) is 9.98. The normalized spacial score (nSPS) is 30.5. The van der Waals surface area contributed by atoms with E-state index in [1.54, 1.807) is 6.92 Å². The molecule has 26 nitrogen and oxygen atoms in total. The molecule has 3 unspecified atom stereocenters. The zero-order chi connectivity index (χ0) is 76.7. The summed E-state index contributed by atoms with van der Waals surface area (Å²) in [4.78, 5) is 193. The number of methoxy groups -OCH3 is 1. The lowest BCUT2D eigenvalue weighted by atomic mass is 9.78. The Morgan fingerprint density at radius 2 is 1.29 bits per heavy atom. The predicted octanol–water partition coefficient (Wildman–Crippen LogP) is 5.20. The molecule has 1 spiro atoms. The number of hydrogen-bond acceptors (Lipinski definition) is 14. The highest BCUT2D eigenvalue weighted by molar-refractivity contribution is 6.21. The summed E-state index contributed by atoms with van der Waals surface area (Å²) < 4.78 is 53.3. The Bertz CT molecular complexity index is 3000. The number of halogens is 4. The summed E-state index contributed by atoms with van der Waals surface area (Å²) in [6, 6.07) is -8.77. The van der Waals surface area contributed by atoms with Crippen molar-refractivity contribution in [3.63, 3.8) is 0 Å². The van der Waals surface area contributed by atoms with E-state index in [2.05, 4.69) is 22.9 Å². The van der Waals surface area contributed by atoms with Crippen molar-refractivity contribution in [2.24, 2.45) is 41.4 Å². The number of carbonyl (C=O) groups excluding carboxylic acids is 12. The van der Waals surface area contributed by atoms with E-state index in [0.29, 0.717) is 44.4 Å². The molecule has 3 aliphatic heterocycles. The maximum atomic E-state index is 15.7. The van der Waals surface area contributed by atoms with E-state index >= 15 is 33.6 Å². The molecule has 588 valence electrons. The Morgan fingerprint density at radius 3 is 1.89 bits per heavy atom. The molecule has 30 heteroatoms. The number of likely N-dealkylation sites (N-methyl/N-ethyl adjacent to an activating group) is 6. The Balaban J connectivity index is 1.29. The van der Waals surface area contributed by atoms with Gasteiger partial charge in [-0.2, -0.15) is 13.2 Å². The lowest BCUT2D eigenvalue weighted by Crippen LogP contribution is -2.65. The minimum atomic E-state index is -4.52. The first-order chi connectivity index (χ1) is 49.1. The summed E-state index contributed by atoms with van der Waals surface area (Å²) in [5, 5.41) is 7.62. The number of fused-ring (bicyclic) bond motifs is 1. The second-order valence-corrected chi connectivity index (χ2v) is 32.2. The van der Waals surface area contributed by atoms with Crippen LogP contribution < -0.4 is 16.0 Å². The first kappa shape index (κ1) is 84.9. The fraction of sp³-hybridized carbons (Fsp3) is 0.838. The molecule has 4 aliphatic carbocycles. The highest BCUT2D eigenvalue weighted by Gasteiger charge is 2.53. The van der Waals surface area contributed by atoms with Gasteiger partial charge in [-0.15, -0.1) is 11.6 Å². The minimum Gasteiger partial charge on any atom is -0.383 e. The fourth-order valence-electron chi connectivity index (χ4n) is 16.8.